The number of nitriles is 1. The summed E-state index contributed by atoms with van der Waals surface area (Å²) in [5.74, 6) is 0.271. The van der Waals surface area contributed by atoms with Crippen LogP contribution in [0.5, 0.6) is 5.75 Å². The lowest BCUT2D eigenvalue weighted by atomic mass is 10.2. The first-order valence-corrected chi connectivity index (χ1v) is 6.64. The lowest BCUT2D eigenvalue weighted by Gasteiger charge is -2.04. The van der Waals surface area contributed by atoms with Crippen LogP contribution in [0.15, 0.2) is 24.3 Å². The predicted molar refractivity (Wildman–Crippen MR) is 51.1 cm³/mol. The van der Waals surface area contributed by atoms with E-state index in [9.17, 15) is 4.57 Å². The van der Waals surface area contributed by atoms with E-state index in [2.05, 4.69) is 4.52 Å². The molecule has 0 saturated heterocycles. The molecule has 1 aromatic carbocycles. The summed E-state index contributed by atoms with van der Waals surface area (Å²) in [7, 11) is 0. The number of rotatable bonds is 2. The fourth-order valence-electron chi connectivity index (χ4n) is 0.713. The molecule has 0 atom stereocenters. The highest BCUT2D eigenvalue weighted by molar-refractivity contribution is 8.05. The summed E-state index contributed by atoms with van der Waals surface area (Å²) in [5.41, 5.74) is 0.478. The van der Waals surface area contributed by atoms with Crippen LogP contribution in [0.2, 0.25) is 0 Å². The molecule has 1 rings (SSSR count). The molecule has 0 bridgehead atoms. The van der Waals surface area contributed by atoms with Gasteiger partial charge >= 0.3 is 6.07 Å². The summed E-state index contributed by atoms with van der Waals surface area (Å²) < 4.78 is 15.5. The van der Waals surface area contributed by atoms with E-state index in [1.807, 2.05) is 6.07 Å². The number of halogens is 2. The Bertz CT molecular complexity index is 378. The molecule has 0 spiro atoms. The van der Waals surface area contributed by atoms with Gasteiger partial charge in [-0.05, 0) is 24.3 Å². The van der Waals surface area contributed by atoms with Crippen LogP contribution in [0.25, 0.3) is 0 Å². The second-order valence-corrected chi connectivity index (χ2v) is 6.34. The number of benzene rings is 1. The van der Waals surface area contributed by atoms with Gasteiger partial charge in [-0.3, -0.25) is 0 Å². The average Bonchev–Trinajstić information content (AvgIpc) is 2.03. The fraction of sp³-hybridized carbons (Fsp3) is 0. The summed E-state index contributed by atoms with van der Waals surface area (Å²) in [6, 6.07) is 7.89. The van der Waals surface area contributed by atoms with Gasteiger partial charge in [-0.25, -0.2) is 4.57 Å². The molecule has 0 radical (unpaired) electrons. The van der Waals surface area contributed by atoms with Crippen molar-refractivity contribution in [1.29, 1.82) is 5.26 Å². The van der Waals surface area contributed by atoms with Gasteiger partial charge in [0, 0.05) is 22.5 Å². The third-order valence-electron chi connectivity index (χ3n) is 1.20. The number of nitrogens with zero attached hydrogens (tertiary/aromatic N) is 1. The van der Waals surface area contributed by atoms with Crippen LogP contribution >= 0.6 is 28.6 Å². The molecule has 0 aliphatic heterocycles. The Morgan fingerprint density at radius 2 is 1.85 bits per heavy atom. The molecule has 1 aromatic rings. The average molecular weight is 236 g/mol. The SMILES string of the molecule is N#Cc1ccc(OP(=O)(Cl)Cl)cc1. The van der Waals surface area contributed by atoms with Gasteiger partial charge in [0.15, 0.2) is 0 Å². The largest absolute Gasteiger partial charge is 0.428 e. The second-order valence-electron chi connectivity index (χ2n) is 2.14. The van der Waals surface area contributed by atoms with E-state index in [1.54, 1.807) is 0 Å². The molecule has 6 heteroatoms. The van der Waals surface area contributed by atoms with E-state index in [1.165, 1.54) is 24.3 Å². The van der Waals surface area contributed by atoms with Crippen LogP contribution in [0.3, 0.4) is 0 Å². The minimum Gasteiger partial charge on any atom is -0.422 e. The van der Waals surface area contributed by atoms with Crippen molar-refractivity contribution in [2.24, 2.45) is 0 Å². The van der Waals surface area contributed by atoms with Gasteiger partial charge in [-0.2, -0.15) is 5.26 Å². The smallest absolute Gasteiger partial charge is 0.422 e. The highest BCUT2D eigenvalue weighted by Gasteiger charge is 2.15. The van der Waals surface area contributed by atoms with Crippen LogP contribution in [-0.2, 0) is 4.57 Å². The van der Waals surface area contributed by atoms with Crippen molar-refractivity contribution in [3.8, 4) is 11.8 Å². The molecule has 0 saturated carbocycles. The van der Waals surface area contributed by atoms with E-state index in [0.29, 0.717) is 5.56 Å². The molecule has 0 aromatic heterocycles. The summed E-state index contributed by atoms with van der Waals surface area (Å²) in [6.07, 6.45) is -3.55. The molecule has 0 fully saturated rings. The third kappa shape index (κ3) is 3.69. The Morgan fingerprint density at radius 1 is 1.31 bits per heavy atom. The van der Waals surface area contributed by atoms with Gasteiger partial charge in [-0.15, -0.1) is 0 Å². The lowest BCUT2D eigenvalue weighted by molar-refractivity contribution is 0.513. The van der Waals surface area contributed by atoms with Crippen molar-refractivity contribution < 1.29 is 9.09 Å². The van der Waals surface area contributed by atoms with Crippen molar-refractivity contribution in [2.45, 2.75) is 0 Å². The molecule has 0 aliphatic rings. The molecule has 68 valence electrons. The highest BCUT2D eigenvalue weighted by Crippen LogP contribution is 2.56. The molecule has 0 heterocycles. The normalized spacial score (nSPS) is 10.5. The Kier molecular flexibility index (Phi) is 3.22. The Labute approximate surface area is 84.9 Å². The van der Waals surface area contributed by atoms with Crippen molar-refractivity contribution in [2.75, 3.05) is 0 Å². The second kappa shape index (κ2) is 4.02. The quantitative estimate of drug-likeness (QED) is 0.738. The third-order valence-corrected chi connectivity index (χ3v) is 2.03. The van der Waals surface area contributed by atoms with Crippen molar-refractivity contribution in [3.05, 3.63) is 29.8 Å². The van der Waals surface area contributed by atoms with Crippen LogP contribution in [0.1, 0.15) is 5.56 Å². The fourth-order valence-corrected chi connectivity index (χ4v) is 1.56. The molecule has 0 unspecified atom stereocenters. The monoisotopic (exact) mass is 235 g/mol. The van der Waals surface area contributed by atoms with E-state index < -0.39 is 6.07 Å². The first kappa shape index (κ1) is 10.4. The van der Waals surface area contributed by atoms with Gasteiger partial charge in [0.25, 0.3) is 0 Å². The summed E-state index contributed by atoms with van der Waals surface area (Å²) >= 11 is 10.4. The Morgan fingerprint density at radius 3 is 2.23 bits per heavy atom. The maximum atomic E-state index is 10.8. The topological polar surface area (TPSA) is 50.1 Å². The molecule has 0 N–H and O–H groups in total. The zero-order chi connectivity index (χ0) is 9.90. The minimum atomic E-state index is -3.55. The summed E-state index contributed by atoms with van der Waals surface area (Å²) in [6.45, 7) is 0. The van der Waals surface area contributed by atoms with Crippen LogP contribution in [0, 0.1) is 11.3 Å². The van der Waals surface area contributed by atoms with Gasteiger partial charge in [0.1, 0.15) is 5.75 Å². The Hall–Kier alpha value is -0.680. The molecule has 0 amide bonds. The van der Waals surface area contributed by atoms with Gasteiger partial charge in [-0.1, -0.05) is 0 Å². The first-order valence-electron chi connectivity index (χ1n) is 3.20. The number of hydrogen-bond donors (Lipinski definition) is 0. The standard InChI is InChI=1S/C7H4Cl2NO2P/c8-13(9,11)12-7-3-1-6(5-10)2-4-7/h1-4H. The van der Waals surface area contributed by atoms with E-state index in [4.69, 9.17) is 27.7 Å². The summed E-state index contributed by atoms with van der Waals surface area (Å²) in [4.78, 5) is 0. The lowest BCUT2D eigenvalue weighted by Crippen LogP contribution is -1.81. The van der Waals surface area contributed by atoms with E-state index in [-0.39, 0.29) is 5.75 Å². The zero-order valence-electron chi connectivity index (χ0n) is 6.28. The summed E-state index contributed by atoms with van der Waals surface area (Å²) in [5, 5.41) is 8.46. The maximum Gasteiger partial charge on any atom is 0.428 e. The van der Waals surface area contributed by atoms with E-state index in [0.717, 1.165) is 0 Å². The zero-order valence-corrected chi connectivity index (χ0v) is 8.68. The molecular formula is C7H4Cl2NO2P. The number of hydrogen-bond acceptors (Lipinski definition) is 3. The molecule has 3 nitrogen and oxygen atoms in total. The Balaban J connectivity index is 2.83. The van der Waals surface area contributed by atoms with Crippen molar-refractivity contribution >= 4 is 28.6 Å². The van der Waals surface area contributed by atoms with Gasteiger partial charge in [0.2, 0.25) is 0 Å². The van der Waals surface area contributed by atoms with E-state index >= 15 is 0 Å². The minimum absolute atomic E-state index is 0.271. The van der Waals surface area contributed by atoms with Crippen LogP contribution < -0.4 is 4.52 Å². The molecular weight excluding hydrogens is 232 g/mol. The van der Waals surface area contributed by atoms with Gasteiger partial charge in [0.05, 0.1) is 11.6 Å². The van der Waals surface area contributed by atoms with Gasteiger partial charge < -0.3 is 4.52 Å². The van der Waals surface area contributed by atoms with Crippen molar-refractivity contribution in [1.82, 2.24) is 0 Å². The highest BCUT2D eigenvalue weighted by atomic mass is 35.9. The van der Waals surface area contributed by atoms with Crippen molar-refractivity contribution in [3.63, 3.8) is 0 Å². The predicted octanol–water partition coefficient (Wildman–Crippen LogP) is 3.52. The molecule has 13 heavy (non-hydrogen) atoms. The molecule has 0 aliphatic carbocycles. The maximum absolute atomic E-state index is 10.8. The first-order chi connectivity index (χ1) is 6.01. The van der Waals surface area contributed by atoms with Crippen LogP contribution in [0.4, 0.5) is 0 Å². The van der Waals surface area contributed by atoms with Crippen LogP contribution in [-0.4, -0.2) is 0 Å².